The molecule has 0 saturated heterocycles. The highest BCUT2D eigenvalue weighted by molar-refractivity contribution is 7.51. The molecule has 0 spiro atoms. The molecule has 1 unspecified atom stereocenters. The fourth-order valence-electron chi connectivity index (χ4n) is 1.81. The quantitative estimate of drug-likeness (QED) is 0.648. The van der Waals surface area contributed by atoms with Crippen LogP contribution in [0.2, 0.25) is 0 Å². The van der Waals surface area contributed by atoms with Crippen LogP contribution in [0.5, 0.6) is 0 Å². The van der Waals surface area contributed by atoms with Gasteiger partial charge < -0.3 is 19.6 Å². The molecule has 0 aliphatic heterocycles. The van der Waals surface area contributed by atoms with E-state index in [0.29, 0.717) is 10.5 Å². The van der Waals surface area contributed by atoms with Gasteiger partial charge in [0.2, 0.25) is 0 Å². The number of carbonyl (C=O) groups excluding carboxylic acids is 1. The number of carboxylic acid groups (broad SMARTS) is 1. The molecule has 22 heavy (non-hydrogen) atoms. The SMILES string of the molecule is CCC(C(=O)O)N(CP(=O)(O)O)C(=O)OCc1ccccc1. The lowest BCUT2D eigenvalue weighted by molar-refractivity contribution is -0.142. The van der Waals surface area contributed by atoms with Gasteiger partial charge in [0.05, 0.1) is 0 Å². The molecule has 0 aliphatic rings. The molecule has 0 radical (unpaired) electrons. The van der Waals surface area contributed by atoms with E-state index in [-0.39, 0.29) is 13.0 Å². The predicted molar refractivity (Wildman–Crippen MR) is 77.1 cm³/mol. The van der Waals surface area contributed by atoms with E-state index < -0.39 is 32.0 Å². The maximum absolute atomic E-state index is 12.0. The Labute approximate surface area is 127 Å². The molecule has 1 atom stereocenters. The fraction of sp³-hybridized carbons (Fsp3) is 0.385. The van der Waals surface area contributed by atoms with Crippen LogP contribution in [0.15, 0.2) is 30.3 Å². The molecule has 0 heterocycles. The van der Waals surface area contributed by atoms with Gasteiger partial charge in [0.15, 0.2) is 0 Å². The Morgan fingerprint density at radius 2 is 1.86 bits per heavy atom. The van der Waals surface area contributed by atoms with Crippen molar-refractivity contribution in [2.45, 2.75) is 26.0 Å². The Morgan fingerprint density at radius 1 is 1.27 bits per heavy atom. The zero-order valence-electron chi connectivity index (χ0n) is 12.0. The van der Waals surface area contributed by atoms with Gasteiger partial charge in [-0.25, -0.2) is 9.59 Å². The lowest BCUT2D eigenvalue weighted by atomic mass is 10.2. The Bertz CT molecular complexity index is 557. The van der Waals surface area contributed by atoms with Crippen molar-refractivity contribution < 1.29 is 33.8 Å². The normalized spacial score (nSPS) is 12.5. The largest absolute Gasteiger partial charge is 0.480 e. The molecular formula is C13H18NO7P. The van der Waals surface area contributed by atoms with Gasteiger partial charge in [-0.2, -0.15) is 0 Å². The van der Waals surface area contributed by atoms with Crippen molar-refractivity contribution in [2.75, 3.05) is 6.29 Å². The van der Waals surface area contributed by atoms with E-state index in [1.54, 1.807) is 30.3 Å². The monoisotopic (exact) mass is 331 g/mol. The third-order valence-electron chi connectivity index (χ3n) is 2.82. The average molecular weight is 331 g/mol. The van der Waals surface area contributed by atoms with E-state index in [2.05, 4.69) is 0 Å². The number of aliphatic carboxylic acids is 1. The number of hydrogen-bond donors (Lipinski definition) is 3. The smallest absolute Gasteiger partial charge is 0.411 e. The highest BCUT2D eigenvalue weighted by Crippen LogP contribution is 2.36. The van der Waals surface area contributed by atoms with Crippen LogP contribution in [0.25, 0.3) is 0 Å². The Kier molecular flexibility index (Phi) is 6.55. The molecule has 0 fully saturated rings. The van der Waals surface area contributed by atoms with Crippen LogP contribution in [0.1, 0.15) is 18.9 Å². The van der Waals surface area contributed by atoms with Crippen LogP contribution in [-0.4, -0.2) is 44.2 Å². The van der Waals surface area contributed by atoms with E-state index in [0.717, 1.165) is 0 Å². The van der Waals surface area contributed by atoms with E-state index in [1.807, 2.05) is 0 Å². The number of carboxylic acids is 1. The molecular weight excluding hydrogens is 313 g/mol. The van der Waals surface area contributed by atoms with Crippen LogP contribution in [0, 0.1) is 0 Å². The van der Waals surface area contributed by atoms with Gasteiger partial charge in [-0.15, -0.1) is 0 Å². The van der Waals surface area contributed by atoms with Gasteiger partial charge in [0.25, 0.3) is 0 Å². The molecule has 1 aromatic rings. The maximum Gasteiger partial charge on any atom is 0.411 e. The molecule has 1 rings (SSSR count). The lowest BCUT2D eigenvalue weighted by Gasteiger charge is -2.27. The summed E-state index contributed by atoms with van der Waals surface area (Å²) >= 11 is 0. The van der Waals surface area contributed by atoms with Gasteiger partial charge in [0.1, 0.15) is 18.9 Å². The van der Waals surface area contributed by atoms with Gasteiger partial charge in [-0.1, -0.05) is 37.3 Å². The second kappa shape index (κ2) is 7.93. The topological polar surface area (TPSA) is 124 Å². The summed E-state index contributed by atoms with van der Waals surface area (Å²) in [5, 5.41) is 9.07. The molecule has 0 bridgehead atoms. The summed E-state index contributed by atoms with van der Waals surface area (Å²) in [6.45, 7) is 1.38. The second-order valence-corrected chi connectivity index (χ2v) is 6.19. The number of ether oxygens (including phenoxy) is 1. The van der Waals surface area contributed by atoms with Crippen molar-refractivity contribution in [1.82, 2.24) is 4.90 Å². The first-order chi connectivity index (χ1) is 10.2. The number of hydrogen-bond acceptors (Lipinski definition) is 4. The molecule has 0 saturated carbocycles. The highest BCUT2D eigenvalue weighted by Gasteiger charge is 2.34. The first kappa shape index (κ1) is 18.2. The number of nitrogens with zero attached hydrogens (tertiary/aromatic N) is 1. The van der Waals surface area contributed by atoms with Crippen LogP contribution >= 0.6 is 7.60 Å². The molecule has 0 aliphatic carbocycles. The third kappa shape index (κ3) is 5.85. The van der Waals surface area contributed by atoms with Gasteiger partial charge in [0, 0.05) is 0 Å². The molecule has 1 aromatic carbocycles. The average Bonchev–Trinajstić information content (AvgIpc) is 2.44. The minimum Gasteiger partial charge on any atom is -0.480 e. The summed E-state index contributed by atoms with van der Waals surface area (Å²) in [4.78, 5) is 41.7. The highest BCUT2D eigenvalue weighted by atomic mass is 31.2. The number of rotatable bonds is 7. The Morgan fingerprint density at radius 3 is 2.32 bits per heavy atom. The van der Waals surface area contributed by atoms with Crippen molar-refractivity contribution >= 4 is 19.7 Å². The van der Waals surface area contributed by atoms with Crippen molar-refractivity contribution in [3.63, 3.8) is 0 Å². The van der Waals surface area contributed by atoms with Crippen molar-refractivity contribution in [1.29, 1.82) is 0 Å². The minimum absolute atomic E-state index is 0.00420. The minimum atomic E-state index is -4.62. The Hall–Kier alpha value is -1.89. The fourth-order valence-corrected chi connectivity index (χ4v) is 2.52. The van der Waals surface area contributed by atoms with Crippen LogP contribution in [0.4, 0.5) is 4.79 Å². The van der Waals surface area contributed by atoms with E-state index >= 15 is 0 Å². The molecule has 0 aromatic heterocycles. The van der Waals surface area contributed by atoms with Gasteiger partial charge in [-0.3, -0.25) is 9.46 Å². The second-order valence-electron chi connectivity index (χ2n) is 4.58. The Balaban J connectivity index is 2.83. The van der Waals surface area contributed by atoms with E-state index in [1.165, 1.54) is 6.92 Å². The molecule has 1 amide bonds. The van der Waals surface area contributed by atoms with E-state index in [4.69, 9.17) is 19.6 Å². The number of carbonyl (C=O) groups is 2. The summed E-state index contributed by atoms with van der Waals surface area (Å²) in [5.41, 5.74) is 0.676. The standard InChI is InChI=1S/C13H18NO7P/c1-2-11(12(15)16)14(9-22(18,19)20)13(17)21-8-10-6-4-3-5-7-10/h3-7,11H,2,8-9H2,1H3,(H,15,16)(H2,18,19,20). The summed E-state index contributed by atoms with van der Waals surface area (Å²) in [6.07, 6.45) is -2.09. The lowest BCUT2D eigenvalue weighted by Crippen LogP contribution is -2.45. The van der Waals surface area contributed by atoms with Crippen LogP contribution in [0.3, 0.4) is 0 Å². The molecule has 8 nitrogen and oxygen atoms in total. The molecule has 9 heteroatoms. The van der Waals surface area contributed by atoms with Crippen molar-refractivity contribution in [2.24, 2.45) is 0 Å². The predicted octanol–water partition coefficient (Wildman–Crippen LogP) is 1.62. The third-order valence-corrected chi connectivity index (χ3v) is 3.50. The summed E-state index contributed by atoms with van der Waals surface area (Å²) in [7, 11) is -4.62. The van der Waals surface area contributed by atoms with E-state index in [9.17, 15) is 14.2 Å². The van der Waals surface area contributed by atoms with Crippen LogP contribution < -0.4 is 0 Å². The first-order valence-electron chi connectivity index (χ1n) is 6.49. The molecule has 122 valence electrons. The summed E-state index contributed by atoms with van der Waals surface area (Å²) in [6, 6.07) is 7.30. The van der Waals surface area contributed by atoms with Gasteiger partial charge >= 0.3 is 19.7 Å². The summed E-state index contributed by atoms with van der Waals surface area (Å²) in [5.74, 6) is -1.35. The first-order valence-corrected chi connectivity index (χ1v) is 8.29. The number of benzene rings is 1. The van der Waals surface area contributed by atoms with Gasteiger partial charge in [-0.05, 0) is 12.0 Å². The zero-order chi connectivity index (χ0) is 16.8. The zero-order valence-corrected chi connectivity index (χ0v) is 12.8. The van der Waals surface area contributed by atoms with Crippen LogP contribution in [-0.2, 0) is 20.7 Å². The maximum atomic E-state index is 12.0. The summed E-state index contributed by atoms with van der Waals surface area (Å²) < 4.78 is 16.1. The van der Waals surface area contributed by atoms with Crippen molar-refractivity contribution in [3.8, 4) is 0 Å². The molecule has 3 N–H and O–H groups in total. The number of amides is 1. The van der Waals surface area contributed by atoms with Crippen molar-refractivity contribution in [3.05, 3.63) is 35.9 Å².